The predicted octanol–water partition coefficient (Wildman–Crippen LogP) is 4.58. The van der Waals surface area contributed by atoms with Crippen LogP contribution in [0.15, 0.2) is 24.3 Å². The van der Waals surface area contributed by atoms with Crippen molar-refractivity contribution in [2.75, 3.05) is 0 Å². The second-order valence-corrected chi connectivity index (χ2v) is 6.14. The summed E-state index contributed by atoms with van der Waals surface area (Å²) >= 11 is 0. The zero-order chi connectivity index (χ0) is 16.8. The molecular formula is C18H20F2N2O. The lowest BCUT2D eigenvalue weighted by Gasteiger charge is -2.16. The molecule has 0 saturated heterocycles. The lowest BCUT2D eigenvalue weighted by molar-refractivity contribution is -0.0285. The van der Waals surface area contributed by atoms with Crippen molar-refractivity contribution in [1.82, 2.24) is 9.55 Å². The zero-order valence-corrected chi connectivity index (χ0v) is 13.6. The number of hydrogen-bond donors (Lipinski definition) is 0. The Morgan fingerprint density at radius 1 is 1.30 bits per heavy atom. The molecule has 1 fully saturated rings. The van der Waals surface area contributed by atoms with Crippen molar-refractivity contribution < 1.29 is 13.6 Å². The van der Waals surface area contributed by atoms with E-state index < -0.39 is 11.8 Å². The molecule has 1 aliphatic rings. The molecule has 1 saturated carbocycles. The second kappa shape index (κ2) is 5.55. The second-order valence-electron chi connectivity index (χ2n) is 6.14. The summed E-state index contributed by atoms with van der Waals surface area (Å²) in [6.45, 7) is 5.86. The van der Waals surface area contributed by atoms with Crippen LogP contribution in [0.3, 0.4) is 0 Å². The maximum Gasteiger partial charge on any atom is 0.276 e. The Morgan fingerprint density at radius 2 is 1.91 bits per heavy atom. The fourth-order valence-electron chi connectivity index (χ4n) is 3.05. The minimum Gasteiger partial charge on any atom is -0.322 e. The van der Waals surface area contributed by atoms with Crippen LogP contribution in [-0.4, -0.2) is 15.3 Å². The average Bonchev–Trinajstić information content (AvgIpc) is 3.31. The van der Waals surface area contributed by atoms with Crippen molar-refractivity contribution in [3.63, 3.8) is 0 Å². The molecule has 3 nitrogen and oxygen atoms in total. The van der Waals surface area contributed by atoms with Gasteiger partial charge in [-0.05, 0) is 26.7 Å². The molecule has 0 aliphatic heterocycles. The van der Waals surface area contributed by atoms with Crippen molar-refractivity contribution in [2.45, 2.75) is 46.1 Å². The van der Waals surface area contributed by atoms with E-state index in [4.69, 9.17) is 0 Å². The average molecular weight is 318 g/mol. The minimum atomic E-state index is -2.75. The number of aromatic nitrogens is 2. The fraction of sp³-hybridized carbons (Fsp3) is 0.444. The molecule has 1 aromatic carbocycles. The van der Waals surface area contributed by atoms with E-state index in [2.05, 4.69) is 4.98 Å². The lowest BCUT2D eigenvalue weighted by atomic mass is 10.0. The Bertz CT molecular complexity index is 743. The van der Waals surface area contributed by atoms with Gasteiger partial charge in [0.25, 0.3) is 5.92 Å². The molecule has 0 atom stereocenters. The third-order valence-corrected chi connectivity index (χ3v) is 4.41. The van der Waals surface area contributed by atoms with Crippen LogP contribution in [-0.2, 0) is 12.5 Å². The highest BCUT2D eigenvalue weighted by atomic mass is 19.3. The summed E-state index contributed by atoms with van der Waals surface area (Å²) in [5.41, 5.74) is 2.42. The predicted molar refractivity (Wildman–Crippen MR) is 84.7 cm³/mol. The monoisotopic (exact) mass is 318 g/mol. The molecule has 1 aromatic heterocycles. The first-order valence-electron chi connectivity index (χ1n) is 7.93. The van der Waals surface area contributed by atoms with E-state index in [1.165, 1.54) is 19.1 Å². The van der Waals surface area contributed by atoms with Gasteiger partial charge >= 0.3 is 0 Å². The molecule has 5 heteroatoms. The van der Waals surface area contributed by atoms with Gasteiger partial charge in [0.05, 0.1) is 11.4 Å². The number of benzene rings is 1. The molecule has 0 unspecified atom stereocenters. The van der Waals surface area contributed by atoms with Crippen molar-refractivity contribution in [2.24, 2.45) is 5.92 Å². The highest BCUT2D eigenvalue weighted by Gasteiger charge is 2.47. The van der Waals surface area contributed by atoms with E-state index in [9.17, 15) is 13.6 Å². The van der Waals surface area contributed by atoms with Crippen molar-refractivity contribution in [3.8, 4) is 11.3 Å². The summed E-state index contributed by atoms with van der Waals surface area (Å²) < 4.78 is 30.1. The van der Waals surface area contributed by atoms with Gasteiger partial charge < -0.3 is 4.57 Å². The van der Waals surface area contributed by atoms with Crippen LogP contribution >= 0.6 is 0 Å². The SMILES string of the molecule is CCn1c(C(C)=O)nc(C)c1-c1ccc(C(F)(F)C2CC2)cc1. The molecule has 0 bridgehead atoms. The van der Waals surface area contributed by atoms with Gasteiger partial charge in [0.15, 0.2) is 11.6 Å². The number of halogens is 2. The standard InChI is InChI=1S/C18H20F2N2O/c1-4-22-16(11(2)21-17(22)12(3)23)13-5-7-14(8-6-13)18(19,20)15-9-10-15/h5-8,15H,4,9-10H2,1-3H3. The first kappa shape index (κ1) is 15.8. The molecule has 0 N–H and O–H groups in total. The zero-order valence-electron chi connectivity index (χ0n) is 13.6. The summed E-state index contributed by atoms with van der Waals surface area (Å²) in [5.74, 6) is -2.95. The number of ketones is 1. The number of rotatable bonds is 5. The number of carbonyl (C=O) groups is 1. The molecule has 2 aromatic rings. The number of alkyl halides is 2. The summed E-state index contributed by atoms with van der Waals surface area (Å²) in [6.07, 6.45) is 1.19. The molecule has 0 amide bonds. The minimum absolute atomic E-state index is 0.0655. The first-order chi connectivity index (χ1) is 10.9. The van der Waals surface area contributed by atoms with Gasteiger partial charge in [-0.25, -0.2) is 13.8 Å². The van der Waals surface area contributed by atoms with Gasteiger partial charge in [0.1, 0.15) is 0 Å². The summed E-state index contributed by atoms with van der Waals surface area (Å²) in [6, 6.07) is 6.39. The van der Waals surface area contributed by atoms with Crippen LogP contribution in [0.2, 0.25) is 0 Å². The maximum absolute atomic E-state index is 14.1. The number of nitrogens with zero attached hydrogens (tertiary/aromatic N) is 2. The number of aryl methyl sites for hydroxylation is 1. The lowest BCUT2D eigenvalue weighted by Crippen LogP contribution is -2.15. The molecular weight excluding hydrogens is 298 g/mol. The van der Waals surface area contributed by atoms with Crippen LogP contribution < -0.4 is 0 Å². The molecule has 1 aliphatic carbocycles. The van der Waals surface area contributed by atoms with Crippen LogP contribution in [0.5, 0.6) is 0 Å². The van der Waals surface area contributed by atoms with Crippen LogP contribution in [0.25, 0.3) is 11.3 Å². The Morgan fingerprint density at radius 3 is 2.39 bits per heavy atom. The Kier molecular flexibility index (Phi) is 3.82. The highest BCUT2D eigenvalue weighted by molar-refractivity contribution is 5.92. The van der Waals surface area contributed by atoms with E-state index >= 15 is 0 Å². The fourth-order valence-corrected chi connectivity index (χ4v) is 3.05. The Hall–Kier alpha value is -2.04. The topological polar surface area (TPSA) is 34.9 Å². The molecule has 0 radical (unpaired) electrons. The summed E-state index contributed by atoms with van der Waals surface area (Å²) in [4.78, 5) is 16.0. The number of Topliss-reactive ketones (excluding diaryl/α,β-unsaturated/α-hetero) is 1. The molecule has 1 heterocycles. The summed E-state index contributed by atoms with van der Waals surface area (Å²) in [5, 5.41) is 0. The highest BCUT2D eigenvalue weighted by Crippen LogP contribution is 2.49. The van der Waals surface area contributed by atoms with E-state index in [1.54, 1.807) is 12.1 Å². The maximum atomic E-state index is 14.1. The van der Waals surface area contributed by atoms with Crippen molar-refractivity contribution in [1.29, 1.82) is 0 Å². The first-order valence-corrected chi connectivity index (χ1v) is 7.93. The molecule has 23 heavy (non-hydrogen) atoms. The van der Waals surface area contributed by atoms with Crippen LogP contribution in [0.4, 0.5) is 8.78 Å². The quantitative estimate of drug-likeness (QED) is 0.756. The number of hydrogen-bond acceptors (Lipinski definition) is 2. The Labute approximate surface area is 134 Å². The number of imidazole rings is 1. The van der Waals surface area contributed by atoms with Crippen molar-refractivity contribution >= 4 is 5.78 Å². The third-order valence-electron chi connectivity index (χ3n) is 4.41. The van der Waals surface area contributed by atoms with Gasteiger partial charge in [-0.1, -0.05) is 24.3 Å². The van der Waals surface area contributed by atoms with Crippen LogP contribution in [0, 0.1) is 12.8 Å². The van der Waals surface area contributed by atoms with Gasteiger partial charge in [-0.3, -0.25) is 4.79 Å². The van der Waals surface area contributed by atoms with Gasteiger partial charge in [-0.2, -0.15) is 0 Å². The Balaban J connectivity index is 2.01. The van der Waals surface area contributed by atoms with Crippen LogP contribution in [0.1, 0.15) is 48.6 Å². The molecule has 122 valence electrons. The number of carbonyl (C=O) groups excluding carboxylic acids is 1. The van der Waals surface area contributed by atoms with E-state index in [0.717, 1.165) is 17.0 Å². The third kappa shape index (κ3) is 2.69. The summed E-state index contributed by atoms with van der Waals surface area (Å²) in [7, 11) is 0. The van der Waals surface area contributed by atoms with E-state index in [1.807, 2.05) is 18.4 Å². The molecule has 0 spiro atoms. The van der Waals surface area contributed by atoms with Gasteiger partial charge in [0.2, 0.25) is 0 Å². The largest absolute Gasteiger partial charge is 0.322 e. The van der Waals surface area contributed by atoms with Gasteiger partial charge in [-0.15, -0.1) is 0 Å². The van der Waals surface area contributed by atoms with Crippen molar-refractivity contribution in [3.05, 3.63) is 41.3 Å². The van der Waals surface area contributed by atoms with E-state index in [0.29, 0.717) is 25.2 Å². The van der Waals surface area contributed by atoms with E-state index in [-0.39, 0.29) is 11.3 Å². The van der Waals surface area contributed by atoms with Gasteiger partial charge in [0, 0.05) is 30.5 Å². The normalized spacial score (nSPS) is 15.0. The smallest absolute Gasteiger partial charge is 0.276 e. The molecule has 3 rings (SSSR count).